The molecule has 2 amide bonds. The summed E-state index contributed by atoms with van der Waals surface area (Å²) in [5, 5.41) is 5.40. The first-order valence-corrected chi connectivity index (χ1v) is 7.92. The number of carbonyl (C=O) groups is 2. The zero-order valence-corrected chi connectivity index (χ0v) is 13.2. The molecule has 2 N–H and O–H groups in total. The lowest BCUT2D eigenvalue weighted by molar-refractivity contribution is -0.131. The van der Waals surface area contributed by atoms with Gasteiger partial charge in [-0.2, -0.15) is 0 Å². The first kappa shape index (κ1) is 16.5. The van der Waals surface area contributed by atoms with Crippen molar-refractivity contribution in [3.05, 3.63) is 35.9 Å². The highest BCUT2D eigenvalue weighted by molar-refractivity contribution is 5.81. The van der Waals surface area contributed by atoms with Gasteiger partial charge in [0.2, 0.25) is 11.8 Å². The maximum Gasteiger partial charge on any atom is 0.236 e. The van der Waals surface area contributed by atoms with Crippen LogP contribution in [0.1, 0.15) is 18.4 Å². The van der Waals surface area contributed by atoms with E-state index in [2.05, 4.69) is 34.9 Å². The number of rotatable bonds is 6. The average Bonchev–Trinajstić information content (AvgIpc) is 2.56. The first-order valence-electron chi connectivity index (χ1n) is 7.92. The van der Waals surface area contributed by atoms with Crippen LogP contribution in [0.25, 0.3) is 0 Å². The molecule has 0 spiro atoms. The van der Waals surface area contributed by atoms with E-state index in [1.54, 1.807) is 7.05 Å². The monoisotopic (exact) mass is 303 g/mol. The topological polar surface area (TPSA) is 61.4 Å². The van der Waals surface area contributed by atoms with Crippen LogP contribution in [-0.2, 0) is 16.0 Å². The molecule has 1 aromatic carbocycles. The Morgan fingerprint density at radius 2 is 1.82 bits per heavy atom. The van der Waals surface area contributed by atoms with Crippen molar-refractivity contribution in [2.75, 3.05) is 33.2 Å². The average molecular weight is 303 g/mol. The van der Waals surface area contributed by atoms with E-state index in [4.69, 9.17) is 0 Å². The number of likely N-dealkylation sites (N-methyl/N-ethyl adjacent to an activating group) is 1. The molecule has 0 unspecified atom stereocenters. The van der Waals surface area contributed by atoms with E-state index in [-0.39, 0.29) is 24.9 Å². The van der Waals surface area contributed by atoms with Crippen molar-refractivity contribution in [2.45, 2.75) is 19.3 Å². The second kappa shape index (κ2) is 8.54. The molecule has 0 bridgehead atoms. The number of nitrogens with one attached hydrogen (secondary N) is 2. The predicted molar refractivity (Wildman–Crippen MR) is 86.4 cm³/mol. The van der Waals surface area contributed by atoms with Gasteiger partial charge in [0.1, 0.15) is 0 Å². The summed E-state index contributed by atoms with van der Waals surface area (Å²) in [5.41, 5.74) is 1.37. The number of hydrogen-bond donors (Lipinski definition) is 2. The van der Waals surface area contributed by atoms with Gasteiger partial charge in [0, 0.05) is 20.1 Å². The number of likely N-dealkylation sites (tertiary alicyclic amines) is 1. The third-order valence-corrected chi connectivity index (χ3v) is 4.18. The summed E-state index contributed by atoms with van der Waals surface area (Å²) in [4.78, 5) is 25.1. The molecule has 1 heterocycles. The van der Waals surface area contributed by atoms with E-state index < -0.39 is 0 Å². The molecule has 5 heteroatoms. The highest BCUT2D eigenvalue weighted by atomic mass is 16.2. The van der Waals surface area contributed by atoms with Crippen LogP contribution in [0, 0.1) is 5.92 Å². The molecule has 1 aliphatic rings. The number of hydrogen-bond acceptors (Lipinski definition) is 3. The fraction of sp³-hybridized carbons (Fsp3) is 0.529. The van der Waals surface area contributed by atoms with Gasteiger partial charge in [-0.3, -0.25) is 14.9 Å². The molecule has 1 aliphatic heterocycles. The van der Waals surface area contributed by atoms with Crippen molar-refractivity contribution >= 4 is 11.8 Å². The van der Waals surface area contributed by atoms with Gasteiger partial charge in [-0.1, -0.05) is 30.3 Å². The zero-order chi connectivity index (χ0) is 15.8. The quantitative estimate of drug-likeness (QED) is 0.817. The first-order chi connectivity index (χ1) is 10.7. The molecule has 0 aromatic heterocycles. The van der Waals surface area contributed by atoms with E-state index in [0.29, 0.717) is 5.92 Å². The Hall–Kier alpha value is -1.88. The fourth-order valence-corrected chi connectivity index (χ4v) is 2.82. The SMILES string of the molecule is CNC(=O)CNCC(=O)N1CCC(Cc2ccccc2)CC1. The maximum absolute atomic E-state index is 12.1. The van der Waals surface area contributed by atoms with E-state index in [9.17, 15) is 9.59 Å². The van der Waals surface area contributed by atoms with Crippen LogP contribution in [0.3, 0.4) is 0 Å². The summed E-state index contributed by atoms with van der Waals surface area (Å²) in [5.74, 6) is 0.640. The normalized spacial score (nSPS) is 15.6. The van der Waals surface area contributed by atoms with Crippen molar-refractivity contribution in [1.29, 1.82) is 0 Å². The molecule has 1 saturated heterocycles. The predicted octanol–water partition coefficient (Wildman–Crippen LogP) is 0.803. The summed E-state index contributed by atoms with van der Waals surface area (Å²) >= 11 is 0. The van der Waals surface area contributed by atoms with Gasteiger partial charge in [0.15, 0.2) is 0 Å². The van der Waals surface area contributed by atoms with Crippen molar-refractivity contribution in [1.82, 2.24) is 15.5 Å². The molecule has 0 saturated carbocycles. The Balaban J connectivity index is 1.68. The second-order valence-corrected chi connectivity index (χ2v) is 5.79. The molecule has 1 aromatic rings. The minimum Gasteiger partial charge on any atom is -0.358 e. The molecule has 0 atom stereocenters. The van der Waals surface area contributed by atoms with Crippen LogP contribution in [0.2, 0.25) is 0 Å². The van der Waals surface area contributed by atoms with Gasteiger partial charge in [0.25, 0.3) is 0 Å². The third kappa shape index (κ3) is 5.15. The number of benzene rings is 1. The third-order valence-electron chi connectivity index (χ3n) is 4.18. The highest BCUT2D eigenvalue weighted by Crippen LogP contribution is 2.21. The molecular weight excluding hydrogens is 278 g/mol. The van der Waals surface area contributed by atoms with E-state index in [1.165, 1.54) is 5.56 Å². The van der Waals surface area contributed by atoms with E-state index in [1.807, 2.05) is 11.0 Å². The number of carbonyl (C=O) groups excluding carboxylic acids is 2. The summed E-state index contributed by atoms with van der Waals surface area (Å²) < 4.78 is 0. The van der Waals surface area contributed by atoms with Gasteiger partial charge < -0.3 is 10.2 Å². The molecule has 1 fully saturated rings. The summed E-state index contributed by atoms with van der Waals surface area (Å²) in [7, 11) is 1.59. The maximum atomic E-state index is 12.1. The molecule has 5 nitrogen and oxygen atoms in total. The van der Waals surface area contributed by atoms with Crippen LogP contribution in [-0.4, -0.2) is 49.9 Å². The standard InChI is InChI=1S/C17H25N3O2/c1-18-16(21)12-19-13-17(22)20-9-7-15(8-10-20)11-14-5-3-2-4-6-14/h2-6,15,19H,7-13H2,1H3,(H,18,21). The van der Waals surface area contributed by atoms with Crippen LogP contribution < -0.4 is 10.6 Å². The van der Waals surface area contributed by atoms with E-state index in [0.717, 1.165) is 32.4 Å². The van der Waals surface area contributed by atoms with Crippen LogP contribution in [0.4, 0.5) is 0 Å². The molecule has 2 rings (SSSR count). The lowest BCUT2D eigenvalue weighted by Gasteiger charge is -2.32. The number of nitrogens with zero attached hydrogens (tertiary/aromatic N) is 1. The Labute approximate surface area is 132 Å². The van der Waals surface area contributed by atoms with Crippen molar-refractivity contribution in [2.24, 2.45) is 5.92 Å². The Morgan fingerprint density at radius 3 is 2.45 bits per heavy atom. The number of piperidine rings is 1. The van der Waals surface area contributed by atoms with Crippen molar-refractivity contribution < 1.29 is 9.59 Å². The second-order valence-electron chi connectivity index (χ2n) is 5.79. The largest absolute Gasteiger partial charge is 0.358 e. The van der Waals surface area contributed by atoms with Crippen LogP contribution in [0.5, 0.6) is 0 Å². The molecule has 0 aliphatic carbocycles. The van der Waals surface area contributed by atoms with Crippen molar-refractivity contribution in [3.8, 4) is 0 Å². The lowest BCUT2D eigenvalue weighted by Crippen LogP contribution is -2.44. The summed E-state index contributed by atoms with van der Waals surface area (Å²) in [6.07, 6.45) is 3.20. The van der Waals surface area contributed by atoms with Gasteiger partial charge in [-0.25, -0.2) is 0 Å². The van der Waals surface area contributed by atoms with Gasteiger partial charge in [0.05, 0.1) is 13.1 Å². The van der Waals surface area contributed by atoms with Crippen molar-refractivity contribution in [3.63, 3.8) is 0 Å². The number of amides is 2. The molecule has 22 heavy (non-hydrogen) atoms. The Kier molecular flexibility index (Phi) is 6.40. The molecular formula is C17H25N3O2. The molecule has 0 radical (unpaired) electrons. The van der Waals surface area contributed by atoms with Gasteiger partial charge in [-0.05, 0) is 30.7 Å². The summed E-state index contributed by atoms with van der Waals surface area (Å²) in [6.45, 7) is 2.06. The minimum atomic E-state index is -0.102. The minimum absolute atomic E-state index is 0.0852. The summed E-state index contributed by atoms with van der Waals surface area (Å²) in [6, 6.07) is 10.5. The highest BCUT2D eigenvalue weighted by Gasteiger charge is 2.22. The zero-order valence-electron chi connectivity index (χ0n) is 13.2. The van der Waals surface area contributed by atoms with E-state index >= 15 is 0 Å². The van der Waals surface area contributed by atoms with Gasteiger partial charge >= 0.3 is 0 Å². The fourth-order valence-electron chi connectivity index (χ4n) is 2.82. The Morgan fingerprint density at radius 1 is 1.14 bits per heavy atom. The smallest absolute Gasteiger partial charge is 0.236 e. The lowest BCUT2D eigenvalue weighted by atomic mass is 9.90. The Bertz CT molecular complexity index is 482. The van der Waals surface area contributed by atoms with Crippen LogP contribution >= 0.6 is 0 Å². The van der Waals surface area contributed by atoms with Gasteiger partial charge in [-0.15, -0.1) is 0 Å². The van der Waals surface area contributed by atoms with Crippen LogP contribution in [0.15, 0.2) is 30.3 Å². The molecule has 120 valence electrons.